The highest BCUT2D eigenvalue weighted by atomic mass is 35.5. The fourth-order valence-corrected chi connectivity index (χ4v) is 3.77. The van der Waals surface area contributed by atoms with E-state index in [0.29, 0.717) is 11.3 Å². The van der Waals surface area contributed by atoms with Crippen LogP contribution >= 0.6 is 11.6 Å². The van der Waals surface area contributed by atoms with Crippen LogP contribution < -0.4 is 16.6 Å². The molecule has 3 heterocycles. The summed E-state index contributed by atoms with van der Waals surface area (Å²) < 4.78 is 15.6. The Hall–Kier alpha value is -4.10. The number of halogens is 2. The van der Waals surface area contributed by atoms with E-state index >= 15 is 0 Å². The standard InChI is InChI=1S/C22H18ClFN8O/c1-10-15(24)8-27-9-17(10)32-21(31-16-6-4-5-14(23)18(16)22(32)33)11(2)28-20-13(7-25)19(26)29-12(3)30-20/h4-6,8-9,11H,1-3H3,(H3,26,28,29,30). The Balaban J connectivity index is 1.99. The second-order valence-electron chi connectivity index (χ2n) is 7.37. The van der Waals surface area contributed by atoms with Crippen molar-refractivity contribution in [1.82, 2.24) is 24.5 Å². The predicted molar refractivity (Wildman–Crippen MR) is 123 cm³/mol. The summed E-state index contributed by atoms with van der Waals surface area (Å²) in [7, 11) is 0. The van der Waals surface area contributed by atoms with Crippen LogP contribution in [0.3, 0.4) is 0 Å². The number of nitrogens with two attached hydrogens (primary N) is 1. The summed E-state index contributed by atoms with van der Waals surface area (Å²) >= 11 is 6.30. The lowest BCUT2D eigenvalue weighted by atomic mass is 10.1. The molecule has 0 radical (unpaired) electrons. The molecule has 0 saturated heterocycles. The number of nitriles is 1. The van der Waals surface area contributed by atoms with Crippen LogP contribution in [0, 0.1) is 31.0 Å². The zero-order valence-corrected chi connectivity index (χ0v) is 18.6. The molecule has 1 unspecified atom stereocenters. The number of pyridine rings is 1. The van der Waals surface area contributed by atoms with Crippen molar-refractivity contribution in [2.75, 3.05) is 11.1 Å². The number of aromatic nitrogens is 5. The van der Waals surface area contributed by atoms with Crippen molar-refractivity contribution >= 4 is 34.1 Å². The van der Waals surface area contributed by atoms with Crippen LogP contribution in [0.1, 0.15) is 35.7 Å². The van der Waals surface area contributed by atoms with Crippen LogP contribution in [0.15, 0.2) is 35.4 Å². The summed E-state index contributed by atoms with van der Waals surface area (Å²) in [5.74, 6) is 0.249. The van der Waals surface area contributed by atoms with Crippen LogP contribution in [0.25, 0.3) is 16.6 Å². The molecule has 0 saturated carbocycles. The Morgan fingerprint density at radius 3 is 2.73 bits per heavy atom. The highest BCUT2D eigenvalue weighted by molar-refractivity contribution is 6.35. The minimum absolute atomic E-state index is 0.0283. The third kappa shape index (κ3) is 3.83. The SMILES string of the molecule is Cc1nc(N)c(C#N)c(NC(C)c2nc3cccc(Cl)c3c(=O)n2-c2cncc(F)c2C)n1. The first-order valence-corrected chi connectivity index (χ1v) is 10.2. The second-order valence-corrected chi connectivity index (χ2v) is 7.77. The molecule has 166 valence electrons. The van der Waals surface area contributed by atoms with E-state index in [4.69, 9.17) is 17.3 Å². The molecule has 0 aliphatic heterocycles. The van der Waals surface area contributed by atoms with Crippen molar-refractivity contribution < 1.29 is 4.39 Å². The number of benzene rings is 1. The molecule has 11 heteroatoms. The van der Waals surface area contributed by atoms with Gasteiger partial charge in [0.05, 0.1) is 40.0 Å². The van der Waals surface area contributed by atoms with E-state index in [1.54, 1.807) is 39.0 Å². The molecule has 9 nitrogen and oxygen atoms in total. The van der Waals surface area contributed by atoms with Gasteiger partial charge >= 0.3 is 0 Å². The Kier molecular flexibility index (Phi) is 5.66. The molecule has 3 aromatic heterocycles. The van der Waals surface area contributed by atoms with Gasteiger partial charge in [-0.1, -0.05) is 17.7 Å². The summed E-state index contributed by atoms with van der Waals surface area (Å²) in [5, 5.41) is 13.0. The zero-order valence-electron chi connectivity index (χ0n) is 17.9. The summed E-state index contributed by atoms with van der Waals surface area (Å²) in [6, 6.07) is 6.24. The van der Waals surface area contributed by atoms with E-state index < -0.39 is 17.4 Å². The van der Waals surface area contributed by atoms with Crippen LogP contribution in [0.4, 0.5) is 16.0 Å². The highest BCUT2D eigenvalue weighted by Gasteiger charge is 2.23. The number of hydrogen-bond donors (Lipinski definition) is 2. The third-order valence-electron chi connectivity index (χ3n) is 5.14. The molecule has 4 rings (SSSR count). The molecule has 0 amide bonds. The number of anilines is 2. The molecule has 0 aliphatic carbocycles. The first-order chi connectivity index (χ1) is 15.7. The number of rotatable bonds is 4. The van der Waals surface area contributed by atoms with Gasteiger partial charge in [0.15, 0.2) is 5.82 Å². The smallest absolute Gasteiger partial charge is 0.267 e. The molecular formula is C22H18ClFN8O. The third-order valence-corrected chi connectivity index (χ3v) is 5.46. The van der Waals surface area contributed by atoms with Crippen molar-refractivity contribution in [3.05, 3.63) is 74.6 Å². The van der Waals surface area contributed by atoms with Gasteiger partial charge in [0.1, 0.15) is 34.9 Å². The predicted octanol–water partition coefficient (Wildman–Crippen LogP) is 3.61. The maximum absolute atomic E-state index is 14.4. The normalized spacial score (nSPS) is 11.9. The Morgan fingerprint density at radius 2 is 2.00 bits per heavy atom. The van der Waals surface area contributed by atoms with E-state index in [9.17, 15) is 14.4 Å². The van der Waals surface area contributed by atoms with Crippen molar-refractivity contribution in [1.29, 1.82) is 5.26 Å². The molecule has 0 fully saturated rings. The number of aryl methyl sites for hydroxylation is 1. The van der Waals surface area contributed by atoms with Gasteiger partial charge in [0.2, 0.25) is 0 Å². The number of nitrogens with one attached hydrogen (secondary N) is 1. The Bertz CT molecular complexity index is 1510. The minimum Gasteiger partial charge on any atom is -0.382 e. The first kappa shape index (κ1) is 22.1. The van der Waals surface area contributed by atoms with Gasteiger partial charge in [-0.2, -0.15) is 5.26 Å². The second kappa shape index (κ2) is 8.44. The van der Waals surface area contributed by atoms with Gasteiger partial charge in [-0.3, -0.25) is 14.3 Å². The van der Waals surface area contributed by atoms with Crippen molar-refractivity contribution in [2.45, 2.75) is 26.8 Å². The van der Waals surface area contributed by atoms with Gasteiger partial charge in [-0.25, -0.2) is 19.3 Å². The Labute approximate surface area is 192 Å². The highest BCUT2D eigenvalue weighted by Crippen LogP contribution is 2.27. The fraction of sp³-hybridized carbons (Fsp3) is 0.182. The van der Waals surface area contributed by atoms with Crippen LogP contribution in [-0.2, 0) is 0 Å². The van der Waals surface area contributed by atoms with E-state index in [1.165, 1.54) is 10.8 Å². The van der Waals surface area contributed by atoms with Crippen LogP contribution in [0.2, 0.25) is 5.02 Å². The molecule has 1 aromatic carbocycles. The number of nitrogens with zero attached hydrogens (tertiary/aromatic N) is 6. The molecule has 0 spiro atoms. The molecule has 1 atom stereocenters. The lowest BCUT2D eigenvalue weighted by molar-refractivity contribution is 0.607. The van der Waals surface area contributed by atoms with E-state index in [0.717, 1.165) is 6.20 Å². The van der Waals surface area contributed by atoms with Crippen molar-refractivity contribution in [3.8, 4) is 11.8 Å². The molecule has 4 aromatic rings. The molecule has 0 aliphatic rings. The fourth-order valence-electron chi connectivity index (χ4n) is 3.52. The lowest BCUT2D eigenvalue weighted by Gasteiger charge is -2.21. The van der Waals surface area contributed by atoms with E-state index in [-0.39, 0.29) is 44.7 Å². The van der Waals surface area contributed by atoms with Crippen LogP contribution in [0.5, 0.6) is 0 Å². The average molecular weight is 465 g/mol. The number of hydrogen-bond acceptors (Lipinski definition) is 8. The minimum atomic E-state index is -0.662. The topological polar surface area (TPSA) is 135 Å². The summed E-state index contributed by atoms with van der Waals surface area (Å²) in [5.41, 5.74) is 6.26. The van der Waals surface area contributed by atoms with Crippen LogP contribution in [-0.4, -0.2) is 24.5 Å². The quantitative estimate of drug-likeness (QED) is 0.467. The van der Waals surface area contributed by atoms with E-state index in [1.807, 2.05) is 6.07 Å². The average Bonchev–Trinajstić information content (AvgIpc) is 2.75. The maximum atomic E-state index is 14.4. The molecular weight excluding hydrogens is 447 g/mol. The molecule has 3 N–H and O–H groups in total. The largest absolute Gasteiger partial charge is 0.382 e. The molecule has 33 heavy (non-hydrogen) atoms. The van der Waals surface area contributed by atoms with Crippen molar-refractivity contribution in [3.63, 3.8) is 0 Å². The zero-order chi connectivity index (χ0) is 23.9. The molecule has 0 bridgehead atoms. The van der Waals surface area contributed by atoms with Gasteiger partial charge in [-0.05, 0) is 32.9 Å². The number of nitrogen functional groups attached to an aromatic ring is 1. The van der Waals surface area contributed by atoms with E-state index in [2.05, 4.69) is 25.3 Å². The summed E-state index contributed by atoms with van der Waals surface area (Å²) in [4.78, 5) is 30.4. The van der Waals surface area contributed by atoms with Gasteiger partial charge in [0, 0.05) is 5.56 Å². The monoisotopic (exact) mass is 464 g/mol. The summed E-state index contributed by atoms with van der Waals surface area (Å²) in [6.45, 7) is 4.91. The Morgan fingerprint density at radius 1 is 1.24 bits per heavy atom. The number of fused-ring (bicyclic) bond motifs is 1. The van der Waals surface area contributed by atoms with Gasteiger partial charge in [0.25, 0.3) is 5.56 Å². The summed E-state index contributed by atoms with van der Waals surface area (Å²) in [6.07, 6.45) is 2.45. The lowest BCUT2D eigenvalue weighted by Crippen LogP contribution is -2.28. The van der Waals surface area contributed by atoms with Gasteiger partial charge < -0.3 is 11.1 Å². The maximum Gasteiger partial charge on any atom is 0.267 e. The first-order valence-electron chi connectivity index (χ1n) is 9.85. The van der Waals surface area contributed by atoms with Gasteiger partial charge in [-0.15, -0.1) is 0 Å². The van der Waals surface area contributed by atoms with Crippen molar-refractivity contribution in [2.24, 2.45) is 0 Å².